The lowest BCUT2D eigenvalue weighted by Crippen LogP contribution is -2.11. The monoisotopic (exact) mass is 163 g/mol. The molecule has 0 N–H and O–H groups in total. The molecule has 1 aromatic heterocycles. The Labute approximate surface area is 72.6 Å². The highest BCUT2D eigenvalue weighted by molar-refractivity contribution is 5.34. The summed E-state index contributed by atoms with van der Waals surface area (Å²) < 4.78 is 1.68. The molecule has 0 bridgehead atoms. The van der Waals surface area contributed by atoms with Crippen molar-refractivity contribution in [1.29, 1.82) is 5.26 Å². The van der Waals surface area contributed by atoms with E-state index in [-0.39, 0.29) is 5.41 Å². The number of aromatic nitrogens is 2. The number of hydrogen-bond acceptors (Lipinski definition) is 2. The Morgan fingerprint density at radius 2 is 2.08 bits per heavy atom. The quantitative estimate of drug-likeness (QED) is 0.582. The van der Waals surface area contributed by atoms with Crippen molar-refractivity contribution in [3.63, 3.8) is 0 Å². The summed E-state index contributed by atoms with van der Waals surface area (Å²) in [6.45, 7) is 6.22. The zero-order valence-electron chi connectivity index (χ0n) is 7.92. The largest absolute Gasteiger partial charge is 0.274 e. The van der Waals surface area contributed by atoms with Gasteiger partial charge in [-0.1, -0.05) is 20.8 Å². The van der Waals surface area contributed by atoms with Crippen LogP contribution in [0.25, 0.3) is 0 Å². The maximum atomic E-state index is 8.77. The molecule has 3 heteroatoms. The Bertz CT molecular complexity index is 323. The molecule has 0 amide bonds. The molecule has 1 heterocycles. The number of nitriles is 1. The summed E-state index contributed by atoms with van der Waals surface area (Å²) in [6.07, 6.45) is 1.90. The fraction of sp³-hybridized carbons (Fsp3) is 0.556. The van der Waals surface area contributed by atoms with Crippen LogP contribution >= 0.6 is 0 Å². The third-order valence-corrected chi connectivity index (χ3v) is 1.74. The molecule has 12 heavy (non-hydrogen) atoms. The lowest BCUT2D eigenvalue weighted by atomic mass is 9.87. The van der Waals surface area contributed by atoms with Crippen molar-refractivity contribution in [1.82, 2.24) is 9.78 Å². The first kappa shape index (κ1) is 8.79. The zero-order valence-corrected chi connectivity index (χ0v) is 7.92. The van der Waals surface area contributed by atoms with Crippen molar-refractivity contribution in [3.8, 4) is 6.07 Å². The average Bonchev–Trinajstić information content (AvgIpc) is 2.29. The van der Waals surface area contributed by atoms with Crippen LogP contribution in [0.2, 0.25) is 0 Å². The number of aryl methyl sites for hydroxylation is 1. The van der Waals surface area contributed by atoms with E-state index in [1.807, 2.05) is 13.2 Å². The van der Waals surface area contributed by atoms with Crippen molar-refractivity contribution in [2.24, 2.45) is 7.05 Å². The minimum absolute atomic E-state index is 0.000671. The van der Waals surface area contributed by atoms with Crippen LogP contribution in [0.4, 0.5) is 0 Å². The van der Waals surface area contributed by atoms with Crippen LogP contribution in [0, 0.1) is 11.3 Å². The fourth-order valence-electron chi connectivity index (χ4n) is 1.12. The van der Waals surface area contributed by atoms with Crippen LogP contribution < -0.4 is 0 Å². The molecule has 0 aliphatic rings. The molecule has 0 spiro atoms. The lowest BCUT2D eigenvalue weighted by Gasteiger charge is -2.15. The molecule has 0 fully saturated rings. The Balaban J connectivity index is 3.25. The van der Waals surface area contributed by atoms with Gasteiger partial charge in [0.2, 0.25) is 0 Å². The molecule has 0 atom stereocenters. The summed E-state index contributed by atoms with van der Waals surface area (Å²) in [4.78, 5) is 0. The van der Waals surface area contributed by atoms with Gasteiger partial charge in [-0.05, 0) is 5.41 Å². The first-order valence-corrected chi connectivity index (χ1v) is 3.89. The highest BCUT2D eigenvalue weighted by Crippen LogP contribution is 2.24. The van der Waals surface area contributed by atoms with Gasteiger partial charge in [0.25, 0.3) is 0 Å². The van der Waals surface area contributed by atoms with Crippen LogP contribution in [0.1, 0.15) is 32.0 Å². The van der Waals surface area contributed by atoms with Gasteiger partial charge >= 0.3 is 0 Å². The van der Waals surface area contributed by atoms with E-state index < -0.39 is 0 Å². The van der Waals surface area contributed by atoms with Crippen molar-refractivity contribution in [2.45, 2.75) is 26.2 Å². The van der Waals surface area contributed by atoms with Crippen LogP contribution in [0.5, 0.6) is 0 Å². The predicted octanol–water partition coefficient (Wildman–Crippen LogP) is 1.59. The summed E-state index contributed by atoms with van der Waals surface area (Å²) in [7, 11) is 1.83. The third kappa shape index (κ3) is 1.48. The van der Waals surface area contributed by atoms with Gasteiger partial charge in [-0.2, -0.15) is 10.4 Å². The van der Waals surface area contributed by atoms with Gasteiger partial charge in [0.1, 0.15) is 6.07 Å². The van der Waals surface area contributed by atoms with E-state index in [9.17, 15) is 0 Å². The molecule has 3 nitrogen and oxygen atoms in total. The second kappa shape index (κ2) is 2.63. The van der Waals surface area contributed by atoms with Crippen LogP contribution in [0.15, 0.2) is 6.20 Å². The van der Waals surface area contributed by atoms with Gasteiger partial charge in [-0.3, -0.25) is 4.68 Å². The van der Waals surface area contributed by atoms with Gasteiger partial charge in [0, 0.05) is 18.8 Å². The predicted molar refractivity (Wildman–Crippen MR) is 46.6 cm³/mol. The highest BCUT2D eigenvalue weighted by Gasteiger charge is 2.20. The second-order valence-corrected chi connectivity index (χ2v) is 3.93. The average molecular weight is 163 g/mol. The number of hydrogen-bond donors (Lipinski definition) is 0. The molecule has 0 saturated heterocycles. The number of rotatable bonds is 0. The van der Waals surface area contributed by atoms with E-state index >= 15 is 0 Å². The van der Waals surface area contributed by atoms with E-state index in [0.29, 0.717) is 5.69 Å². The molecule has 0 aliphatic heterocycles. The zero-order chi connectivity index (χ0) is 9.35. The van der Waals surface area contributed by atoms with Gasteiger partial charge in [-0.15, -0.1) is 0 Å². The first-order chi connectivity index (χ1) is 5.45. The van der Waals surface area contributed by atoms with Crippen molar-refractivity contribution in [3.05, 3.63) is 17.5 Å². The van der Waals surface area contributed by atoms with Gasteiger partial charge in [0.05, 0.1) is 0 Å². The molecule has 1 rings (SSSR count). The van der Waals surface area contributed by atoms with E-state index in [4.69, 9.17) is 5.26 Å². The minimum Gasteiger partial charge on any atom is -0.274 e. The maximum Gasteiger partial charge on any atom is 0.166 e. The summed E-state index contributed by atoms with van der Waals surface area (Å²) in [5, 5.41) is 12.8. The fourth-order valence-corrected chi connectivity index (χ4v) is 1.12. The summed E-state index contributed by atoms with van der Waals surface area (Å²) in [5.74, 6) is 0. The van der Waals surface area contributed by atoms with Crippen LogP contribution in [-0.4, -0.2) is 9.78 Å². The normalized spacial score (nSPS) is 11.2. The molecular weight excluding hydrogens is 150 g/mol. The molecule has 1 aromatic rings. The van der Waals surface area contributed by atoms with Crippen LogP contribution in [-0.2, 0) is 12.5 Å². The standard InChI is InChI=1S/C9H13N3/c1-9(2,3)7-6-12(4)11-8(7)5-10/h6H,1-4H3. The first-order valence-electron chi connectivity index (χ1n) is 3.89. The third-order valence-electron chi connectivity index (χ3n) is 1.74. The Hall–Kier alpha value is -1.30. The molecular formula is C9H13N3. The van der Waals surface area contributed by atoms with Crippen molar-refractivity contribution in [2.75, 3.05) is 0 Å². The smallest absolute Gasteiger partial charge is 0.166 e. The summed E-state index contributed by atoms with van der Waals surface area (Å²) in [5.41, 5.74) is 1.54. The van der Waals surface area contributed by atoms with E-state index in [1.165, 1.54) is 0 Å². The molecule has 64 valence electrons. The molecule has 0 saturated carbocycles. The molecule has 0 unspecified atom stereocenters. The number of nitrogens with zero attached hydrogens (tertiary/aromatic N) is 3. The molecule has 0 aliphatic carbocycles. The van der Waals surface area contributed by atoms with Crippen molar-refractivity contribution < 1.29 is 0 Å². The minimum atomic E-state index is -0.000671. The maximum absolute atomic E-state index is 8.77. The van der Waals surface area contributed by atoms with Crippen molar-refractivity contribution >= 4 is 0 Å². The van der Waals surface area contributed by atoms with Crippen LogP contribution in [0.3, 0.4) is 0 Å². The van der Waals surface area contributed by atoms with Gasteiger partial charge in [0.15, 0.2) is 5.69 Å². The van der Waals surface area contributed by atoms with E-state index in [2.05, 4.69) is 31.9 Å². The Kier molecular flexibility index (Phi) is 1.93. The van der Waals surface area contributed by atoms with E-state index in [1.54, 1.807) is 4.68 Å². The summed E-state index contributed by atoms with van der Waals surface area (Å²) >= 11 is 0. The summed E-state index contributed by atoms with van der Waals surface area (Å²) in [6, 6.07) is 2.09. The SMILES string of the molecule is Cn1cc(C(C)(C)C)c(C#N)n1. The molecule has 0 aromatic carbocycles. The van der Waals surface area contributed by atoms with E-state index in [0.717, 1.165) is 5.56 Å². The van der Waals surface area contributed by atoms with Gasteiger partial charge < -0.3 is 0 Å². The second-order valence-electron chi connectivity index (χ2n) is 3.93. The topological polar surface area (TPSA) is 41.6 Å². The lowest BCUT2D eigenvalue weighted by molar-refractivity contribution is 0.587. The highest BCUT2D eigenvalue weighted by atomic mass is 15.2. The Morgan fingerprint density at radius 1 is 1.50 bits per heavy atom. The Morgan fingerprint density at radius 3 is 2.42 bits per heavy atom. The molecule has 0 radical (unpaired) electrons. The van der Waals surface area contributed by atoms with Gasteiger partial charge in [-0.25, -0.2) is 0 Å².